The van der Waals surface area contributed by atoms with Gasteiger partial charge in [0.2, 0.25) is 5.91 Å². The second-order valence-corrected chi connectivity index (χ2v) is 5.12. The normalized spacial score (nSPS) is 15.2. The van der Waals surface area contributed by atoms with E-state index in [0.717, 1.165) is 4.47 Å². The smallest absolute Gasteiger partial charge is 0.328 e. The van der Waals surface area contributed by atoms with Crippen LogP contribution in [0, 0.1) is 0 Å². The van der Waals surface area contributed by atoms with Crippen molar-refractivity contribution in [2.75, 3.05) is 31.8 Å². The minimum atomic E-state index is -0.434. The second kappa shape index (κ2) is 6.71. The first-order valence-electron chi connectivity index (χ1n) is 6.14. The average molecular weight is 343 g/mol. The van der Waals surface area contributed by atoms with Crippen molar-refractivity contribution < 1.29 is 19.1 Å². The highest BCUT2D eigenvalue weighted by Crippen LogP contribution is 2.32. The highest BCUT2D eigenvalue weighted by Gasteiger charge is 2.26. The molecule has 0 unspecified atom stereocenters. The van der Waals surface area contributed by atoms with Gasteiger partial charge in [0.15, 0.2) is 0 Å². The summed E-state index contributed by atoms with van der Waals surface area (Å²) in [5.74, 6) is 0.317. The molecule has 1 aliphatic rings. The Kier molecular flexibility index (Phi) is 4.97. The zero-order chi connectivity index (χ0) is 14.5. The second-order valence-electron chi connectivity index (χ2n) is 4.21. The summed E-state index contributed by atoms with van der Waals surface area (Å²) in [5.41, 5.74) is 0.625. The molecule has 0 atom stereocenters. The lowest BCUT2D eigenvalue weighted by atomic mass is 10.2. The minimum Gasteiger partial charge on any atom is -0.489 e. The molecule has 1 aromatic rings. The van der Waals surface area contributed by atoms with Crippen LogP contribution in [0.25, 0.3) is 0 Å². The number of ether oxygens (including phenoxy) is 2. The molecule has 1 saturated heterocycles. The molecule has 0 bridgehead atoms. The molecule has 6 nitrogen and oxygen atoms in total. The average Bonchev–Trinajstić information content (AvgIpc) is 2.41. The molecule has 0 spiro atoms. The number of urea groups is 1. The van der Waals surface area contributed by atoms with Crippen molar-refractivity contribution in [1.82, 2.24) is 5.32 Å². The fourth-order valence-corrected chi connectivity index (χ4v) is 2.20. The molecule has 2 rings (SSSR count). The first kappa shape index (κ1) is 14.8. The number of nitrogens with one attached hydrogen (secondary N) is 1. The van der Waals surface area contributed by atoms with Gasteiger partial charge in [-0.1, -0.05) is 15.9 Å². The van der Waals surface area contributed by atoms with E-state index in [1.54, 1.807) is 19.2 Å². The Morgan fingerprint density at radius 3 is 2.85 bits per heavy atom. The van der Waals surface area contributed by atoms with Crippen LogP contribution in [0.4, 0.5) is 10.5 Å². The molecule has 1 aliphatic heterocycles. The van der Waals surface area contributed by atoms with Crippen LogP contribution in [0.5, 0.6) is 5.75 Å². The third-order valence-corrected chi connectivity index (χ3v) is 3.30. The van der Waals surface area contributed by atoms with E-state index in [9.17, 15) is 9.59 Å². The van der Waals surface area contributed by atoms with Crippen LogP contribution >= 0.6 is 15.9 Å². The largest absolute Gasteiger partial charge is 0.489 e. The summed E-state index contributed by atoms with van der Waals surface area (Å²) in [6.07, 6.45) is 0.274. The summed E-state index contributed by atoms with van der Waals surface area (Å²) in [7, 11) is 1.59. The van der Waals surface area contributed by atoms with E-state index in [1.165, 1.54) is 4.90 Å². The standard InChI is InChI=1S/C13H15BrN2O4/c1-19-6-7-20-11-3-2-9(14)8-10(11)16-5-4-12(17)15-13(16)18/h2-3,8H,4-7H2,1H3,(H,15,17,18). The zero-order valence-corrected chi connectivity index (χ0v) is 12.6. The van der Waals surface area contributed by atoms with E-state index in [2.05, 4.69) is 21.2 Å². The third kappa shape index (κ3) is 3.49. The molecule has 0 aliphatic carbocycles. The number of imide groups is 1. The Morgan fingerprint density at radius 1 is 1.35 bits per heavy atom. The molecule has 20 heavy (non-hydrogen) atoms. The summed E-state index contributed by atoms with van der Waals surface area (Å²) >= 11 is 3.37. The Morgan fingerprint density at radius 2 is 2.15 bits per heavy atom. The summed E-state index contributed by atoms with van der Waals surface area (Å²) in [5, 5.41) is 2.29. The maximum Gasteiger partial charge on any atom is 0.328 e. The van der Waals surface area contributed by atoms with Crippen LogP contribution in [0.15, 0.2) is 22.7 Å². The highest BCUT2D eigenvalue weighted by molar-refractivity contribution is 9.10. The Bertz CT molecular complexity index is 521. The Balaban J connectivity index is 2.22. The monoisotopic (exact) mass is 342 g/mol. The van der Waals surface area contributed by atoms with Crippen molar-refractivity contribution in [3.05, 3.63) is 22.7 Å². The van der Waals surface area contributed by atoms with Gasteiger partial charge in [-0.05, 0) is 18.2 Å². The van der Waals surface area contributed by atoms with Gasteiger partial charge in [0.25, 0.3) is 0 Å². The molecule has 3 amide bonds. The minimum absolute atomic E-state index is 0.261. The van der Waals surface area contributed by atoms with Gasteiger partial charge in [-0.3, -0.25) is 15.0 Å². The third-order valence-electron chi connectivity index (χ3n) is 2.81. The van der Waals surface area contributed by atoms with Gasteiger partial charge < -0.3 is 9.47 Å². The topological polar surface area (TPSA) is 67.9 Å². The number of rotatable bonds is 5. The summed E-state index contributed by atoms with van der Waals surface area (Å²) in [6, 6.07) is 4.96. The van der Waals surface area contributed by atoms with E-state index in [0.29, 0.717) is 31.2 Å². The number of amides is 3. The molecule has 7 heteroatoms. The van der Waals surface area contributed by atoms with E-state index < -0.39 is 6.03 Å². The lowest BCUT2D eigenvalue weighted by Gasteiger charge is -2.28. The maximum absolute atomic E-state index is 11.9. The quantitative estimate of drug-likeness (QED) is 0.830. The van der Waals surface area contributed by atoms with Crippen molar-refractivity contribution in [1.29, 1.82) is 0 Å². The van der Waals surface area contributed by atoms with Gasteiger partial charge in [0.1, 0.15) is 12.4 Å². The number of carbonyl (C=O) groups is 2. The number of methoxy groups -OCH3 is 1. The van der Waals surface area contributed by atoms with E-state index in [4.69, 9.17) is 9.47 Å². The number of carbonyl (C=O) groups excluding carboxylic acids is 2. The lowest BCUT2D eigenvalue weighted by molar-refractivity contribution is -0.120. The molecule has 0 saturated carbocycles. The van der Waals surface area contributed by atoms with Gasteiger partial charge in [-0.25, -0.2) is 4.79 Å². The molecule has 108 valence electrons. The SMILES string of the molecule is COCCOc1ccc(Br)cc1N1CCC(=O)NC1=O. The molecule has 0 aromatic heterocycles. The highest BCUT2D eigenvalue weighted by atomic mass is 79.9. The predicted octanol–water partition coefficient (Wildman–Crippen LogP) is 1.92. The van der Waals surface area contributed by atoms with E-state index in [1.807, 2.05) is 6.07 Å². The first-order valence-corrected chi connectivity index (χ1v) is 6.93. The van der Waals surface area contributed by atoms with Gasteiger partial charge >= 0.3 is 6.03 Å². The number of benzene rings is 1. The van der Waals surface area contributed by atoms with E-state index >= 15 is 0 Å². The van der Waals surface area contributed by atoms with Crippen LogP contribution < -0.4 is 15.0 Å². The summed E-state index contributed by atoms with van der Waals surface area (Å²) < 4.78 is 11.4. The van der Waals surface area contributed by atoms with Gasteiger partial charge in [0, 0.05) is 24.5 Å². The van der Waals surface area contributed by atoms with Crippen LogP contribution in [-0.4, -0.2) is 38.8 Å². The van der Waals surface area contributed by atoms with Crippen LogP contribution in [0.2, 0.25) is 0 Å². The Labute approximate surface area is 125 Å². The molecule has 1 fully saturated rings. The Hall–Kier alpha value is -1.60. The van der Waals surface area contributed by atoms with Crippen LogP contribution in [0.1, 0.15) is 6.42 Å². The van der Waals surface area contributed by atoms with Crippen molar-refractivity contribution in [3.63, 3.8) is 0 Å². The van der Waals surface area contributed by atoms with Crippen LogP contribution in [0.3, 0.4) is 0 Å². The molecular formula is C13H15BrN2O4. The van der Waals surface area contributed by atoms with Gasteiger partial charge in [0.05, 0.1) is 12.3 Å². The van der Waals surface area contributed by atoms with Crippen molar-refractivity contribution in [3.8, 4) is 5.75 Å². The number of anilines is 1. The van der Waals surface area contributed by atoms with Crippen molar-refractivity contribution >= 4 is 33.6 Å². The molecular weight excluding hydrogens is 328 g/mol. The fraction of sp³-hybridized carbons (Fsp3) is 0.385. The molecule has 1 N–H and O–H groups in total. The van der Waals surface area contributed by atoms with Gasteiger partial charge in [-0.2, -0.15) is 0 Å². The number of hydrogen-bond donors (Lipinski definition) is 1. The number of halogens is 1. The van der Waals surface area contributed by atoms with E-state index in [-0.39, 0.29) is 12.3 Å². The summed E-state index contributed by atoms with van der Waals surface area (Å²) in [6.45, 7) is 1.18. The number of nitrogens with zero attached hydrogens (tertiary/aromatic N) is 1. The van der Waals surface area contributed by atoms with Crippen molar-refractivity contribution in [2.24, 2.45) is 0 Å². The van der Waals surface area contributed by atoms with Crippen molar-refractivity contribution in [2.45, 2.75) is 6.42 Å². The number of hydrogen-bond acceptors (Lipinski definition) is 4. The summed E-state index contributed by atoms with van der Waals surface area (Å²) in [4.78, 5) is 24.6. The fourth-order valence-electron chi connectivity index (χ4n) is 1.85. The molecule has 1 heterocycles. The molecule has 0 radical (unpaired) electrons. The molecule has 1 aromatic carbocycles. The van der Waals surface area contributed by atoms with Crippen LogP contribution in [-0.2, 0) is 9.53 Å². The lowest BCUT2D eigenvalue weighted by Crippen LogP contribution is -2.49. The maximum atomic E-state index is 11.9. The zero-order valence-electron chi connectivity index (χ0n) is 11.0. The predicted molar refractivity (Wildman–Crippen MR) is 77.0 cm³/mol. The first-order chi connectivity index (χ1) is 9.61. The van der Waals surface area contributed by atoms with Gasteiger partial charge in [-0.15, -0.1) is 0 Å².